The second kappa shape index (κ2) is 5.84. The molecule has 0 heterocycles. The normalized spacial score (nSPS) is 30.9. The van der Waals surface area contributed by atoms with E-state index in [0.717, 1.165) is 0 Å². The first-order valence-electron chi connectivity index (χ1n) is 5.82. The molecule has 5 N–H and O–H groups in total. The van der Waals surface area contributed by atoms with E-state index >= 15 is 0 Å². The van der Waals surface area contributed by atoms with Crippen molar-refractivity contribution >= 4 is 24.4 Å². The summed E-state index contributed by atoms with van der Waals surface area (Å²) in [6.45, 7) is 0.544. The molecule has 0 saturated heterocycles. The molecule has 17 heavy (non-hydrogen) atoms. The first kappa shape index (κ1) is 14.5. The number of thiol groups is 1. The van der Waals surface area contributed by atoms with Crippen LogP contribution in [0.15, 0.2) is 0 Å². The molecule has 0 aromatic rings. The van der Waals surface area contributed by atoms with Crippen molar-refractivity contribution in [3.05, 3.63) is 0 Å². The largest absolute Gasteiger partial charge is 0.480 e. The second-order valence-electron chi connectivity index (χ2n) is 4.72. The van der Waals surface area contributed by atoms with Crippen molar-refractivity contribution in [2.24, 2.45) is 22.8 Å². The number of Topliss-reactive ketones (excluding diaryl/α,β-unsaturated/α-hetero) is 1. The number of hydrogen-bond acceptors (Lipinski definition) is 5. The van der Waals surface area contributed by atoms with Gasteiger partial charge < -0.3 is 16.6 Å². The van der Waals surface area contributed by atoms with Gasteiger partial charge in [-0.3, -0.25) is 9.59 Å². The third kappa shape index (κ3) is 2.81. The molecule has 0 aliphatic heterocycles. The molecule has 6 heteroatoms. The van der Waals surface area contributed by atoms with E-state index in [9.17, 15) is 14.7 Å². The Morgan fingerprint density at radius 1 is 1.41 bits per heavy atom. The number of aliphatic carboxylic acids is 1. The zero-order valence-corrected chi connectivity index (χ0v) is 10.7. The van der Waals surface area contributed by atoms with Crippen LogP contribution < -0.4 is 11.5 Å². The van der Waals surface area contributed by atoms with E-state index in [1.807, 2.05) is 0 Å². The molecule has 0 aromatic carbocycles. The maximum Gasteiger partial charge on any atom is 0.317 e. The molecule has 0 amide bonds. The highest BCUT2D eigenvalue weighted by Crippen LogP contribution is 2.40. The van der Waals surface area contributed by atoms with Crippen molar-refractivity contribution in [1.82, 2.24) is 0 Å². The Bertz CT molecular complexity index is 301. The number of carbonyl (C=O) groups excluding carboxylic acids is 1. The van der Waals surface area contributed by atoms with Gasteiger partial charge in [-0.15, -0.1) is 0 Å². The molecule has 1 atom stereocenters. The molecule has 98 valence electrons. The average molecular weight is 260 g/mol. The number of hydrogen-bond donors (Lipinski definition) is 4. The van der Waals surface area contributed by atoms with E-state index in [1.54, 1.807) is 0 Å². The zero-order chi connectivity index (χ0) is 13.1. The van der Waals surface area contributed by atoms with Gasteiger partial charge in [0, 0.05) is 5.75 Å². The highest BCUT2D eigenvalue weighted by atomic mass is 32.1. The molecule has 1 aliphatic rings. The summed E-state index contributed by atoms with van der Waals surface area (Å²) in [6.07, 6.45) is 2.02. The fourth-order valence-corrected chi connectivity index (χ4v) is 2.58. The first-order valence-corrected chi connectivity index (χ1v) is 6.45. The Labute approximate surface area is 106 Å². The predicted molar refractivity (Wildman–Crippen MR) is 67.9 cm³/mol. The summed E-state index contributed by atoms with van der Waals surface area (Å²) < 4.78 is 0. The monoisotopic (exact) mass is 260 g/mol. The smallest absolute Gasteiger partial charge is 0.317 e. The van der Waals surface area contributed by atoms with Crippen LogP contribution in [0.3, 0.4) is 0 Å². The number of ketones is 1. The summed E-state index contributed by atoms with van der Waals surface area (Å²) in [4.78, 5) is 23.5. The average Bonchev–Trinajstić information content (AvgIpc) is 2.36. The maximum atomic E-state index is 12.1. The minimum absolute atomic E-state index is 0.175. The Hall–Kier alpha value is -0.590. The van der Waals surface area contributed by atoms with E-state index in [4.69, 9.17) is 11.5 Å². The summed E-state index contributed by atoms with van der Waals surface area (Å²) in [5.41, 5.74) is 9.87. The fraction of sp³-hybridized carbons (Fsp3) is 0.818. The Balaban J connectivity index is 2.86. The third-order valence-corrected chi connectivity index (χ3v) is 4.10. The van der Waals surface area contributed by atoms with Crippen molar-refractivity contribution in [2.45, 2.75) is 31.7 Å². The Morgan fingerprint density at radius 2 is 1.94 bits per heavy atom. The van der Waals surface area contributed by atoms with Gasteiger partial charge in [0.15, 0.2) is 5.78 Å². The van der Waals surface area contributed by atoms with E-state index in [2.05, 4.69) is 12.6 Å². The van der Waals surface area contributed by atoms with Crippen LogP contribution in [0.25, 0.3) is 0 Å². The van der Waals surface area contributed by atoms with Gasteiger partial charge in [-0.2, -0.15) is 12.6 Å². The Morgan fingerprint density at radius 3 is 2.29 bits per heavy atom. The lowest BCUT2D eigenvalue weighted by atomic mass is 9.66. The maximum absolute atomic E-state index is 12.1. The van der Waals surface area contributed by atoms with E-state index in [1.165, 1.54) is 0 Å². The highest BCUT2D eigenvalue weighted by Gasteiger charge is 2.49. The van der Waals surface area contributed by atoms with Crippen LogP contribution in [0.5, 0.6) is 0 Å². The van der Waals surface area contributed by atoms with Crippen LogP contribution in [-0.4, -0.2) is 35.2 Å². The minimum Gasteiger partial charge on any atom is -0.480 e. The molecule has 0 bridgehead atoms. The lowest BCUT2D eigenvalue weighted by molar-refractivity contribution is -0.158. The second-order valence-corrected chi connectivity index (χ2v) is 5.08. The van der Waals surface area contributed by atoms with Crippen molar-refractivity contribution in [2.75, 3.05) is 12.3 Å². The van der Waals surface area contributed by atoms with Gasteiger partial charge in [-0.25, -0.2) is 0 Å². The van der Waals surface area contributed by atoms with Gasteiger partial charge in [0.1, 0.15) is 5.41 Å². The summed E-state index contributed by atoms with van der Waals surface area (Å²) in [7, 11) is 0. The number of carboxylic acids is 1. The minimum atomic E-state index is -1.31. The van der Waals surface area contributed by atoms with Crippen molar-refractivity contribution in [1.29, 1.82) is 0 Å². The van der Waals surface area contributed by atoms with Crippen LogP contribution in [0.2, 0.25) is 0 Å². The van der Waals surface area contributed by atoms with Gasteiger partial charge in [-0.05, 0) is 38.1 Å². The molecule has 0 spiro atoms. The molecule has 0 aromatic heterocycles. The van der Waals surface area contributed by atoms with E-state index < -0.39 is 23.2 Å². The Kier molecular flexibility index (Phi) is 4.97. The number of rotatable bonds is 5. The van der Waals surface area contributed by atoms with Crippen LogP contribution >= 0.6 is 12.6 Å². The molecular weight excluding hydrogens is 240 g/mol. The first-order chi connectivity index (χ1) is 7.97. The molecule has 1 aliphatic carbocycles. The van der Waals surface area contributed by atoms with Crippen molar-refractivity contribution < 1.29 is 14.7 Å². The molecule has 0 unspecified atom stereocenters. The third-order valence-electron chi connectivity index (χ3n) is 3.71. The SMILES string of the molecule is NCC1CCC(C(=O)O)(C(=O)[C@@H](N)CS)CC1. The van der Waals surface area contributed by atoms with Gasteiger partial charge in [0.2, 0.25) is 0 Å². The molecule has 5 nitrogen and oxygen atoms in total. The summed E-state index contributed by atoms with van der Waals surface area (Å²) in [5.74, 6) is -0.957. The lowest BCUT2D eigenvalue weighted by Crippen LogP contribution is -2.51. The number of nitrogens with two attached hydrogens (primary N) is 2. The number of carbonyl (C=O) groups is 2. The van der Waals surface area contributed by atoms with Crippen molar-refractivity contribution in [3.8, 4) is 0 Å². The van der Waals surface area contributed by atoms with Crippen LogP contribution in [0, 0.1) is 11.3 Å². The number of carboxylic acid groups (broad SMARTS) is 1. The fourth-order valence-electron chi connectivity index (χ4n) is 2.41. The standard InChI is InChI=1S/C11H20N2O3S/c12-5-7-1-3-11(4-2-7,10(15)16)9(14)8(13)6-17/h7-8,17H,1-6,12-13H2,(H,15,16)/t7?,8-,11?/m0/s1. The van der Waals surface area contributed by atoms with Gasteiger partial charge in [0.05, 0.1) is 6.04 Å². The van der Waals surface area contributed by atoms with E-state index in [-0.39, 0.29) is 5.75 Å². The summed E-state index contributed by atoms with van der Waals surface area (Å²) >= 11 is 3.96. The molecule has 1 rings (SSSR count). The van der Waals surface area contributed by atoms with Crippen LogP contribution in [0.4, 0.5) is 0 Å². The van der Waals surface area contributed by atoms with Crippen molar-refractivity contribution in [3.63, 3.8) is 0 Å². The quantitative estimate of drug-likeness (QED) is 0.412. The molecular formula is C11H20N2O3S. The highest BCUT2D eigenvalue weighted by molar-refractivity contribution is 7.80. The predicted octanol–water partition coefficient (Wildman–Crippen LogP) is 0.0325. The van der Waals surface area contributed by atoms with Crippen LogP contribution in [0.1, 0.15) is 25.7 Å². The topological polar surface area (TPSA) is 106 Å². The molecule has 1 fully saturated rings. The van der Waals surface area contributed by atoms with Gasteiger partial charge in [-0.1, -0.05) is 0 Å². The summed E-state index contributed by atoms with van der Waals surface area (Å²) in [6, 6.07) is -0.802. The van der Waals surface area contributed by atoms with Gasteiger partial charge in [0.25, 0.3) is 0 Å². The van der Waals surface area contributed by atoms with Gasteiger partial charge >= 0.3 is 5.97 Å². The summed E-state index contributed by atoms with van der Waals surface area (Å²) in [5, 5.41) is 9.33. The molecule has 1 saturated carbocycles. The van der Waals surface area contributed by atoms with Crippen LogP contribution in [-0.2, 0) is 9.59 Å². The zero-order valence-electron chi connectivity index (χ0n) is 9.76. The lowest BCUT2D eigenvalue weighted by Gasteiger charge is -2.36. The molecule has 0 radical (unpaired) electrons. The van der Waals surface area contributed by atoms with E-state index in [0.29, 0.717) is 38.1 Å².